The highest BCUT2D eigenvalue weighted by atomic mass is 16.5. The van der Waals surface area contributed by atoms with Crippen LogP contribution in [0.15, 0.2) is 48.7 Å². The maximum absolute atomic E-state index is 12.5. The van der Waals surface area contributed by atoms with E-state index in [4.69, 9.17) is 9.47 Å². The Morgan fingerprint density at radius 3 is 2.40 bits per heavy atom. The van der Waals surface area contributed by atoms with Crippen LogP contribution in [0.3, 0.4) is 0 Å². The van der Waals surface area contributed by atoms with E-state index in [1.807, 2.05) is 17.0 Å². The molecule has 0 aliphatic carbocycles. The maximum atomic E-state index is 12.5. The molecule has 2 aromatic rings. The Balaban J connectivity index is 1.54. The minimum Gasteiger partial charge on any atom is -0.484 e. The number of rotatable bonds is 5. The number of amides is 1. The molecule has 25 heavy (non-hydrogen) atoms. The fourth-order valence-electron chi connectivity index (χ4n) is 3.26. The molecule has 2 atom stereocenters. The first-order valence-corrected chi connectivity index (χ1v) is 8.76. The summed E-state index contributed by atoms with van der Waals surface area (Å²) in [5.41, 5.74) is 0. The lowest BCUT2D eigenvalue weighted by atomic mass is 9.97. The van der Waals surface area contributed by atoms with Crippen LogP contribution in [-0.4, -0.2) is 34.5 Å². The lowest BCUT2D eigenvalue weighted by Crippen LogP contribution is -2.49. The zero-order valence-electron chi connectivity index (χ0n) is 14.7. The number of hydrogen-bond acceptors (Lipinski definition) is 4. The summed E-state index contributed by atoms with van der Waals surface area (Å²) in [7, 11) is 0. The maximum Gasteiger partial charge on any atom is 0.260 e. The average molecular weight is 340 g/mol. The van der Waals surface area contributed by atoms with Gasteiger partial charge in [-0.25, -0.2) is 4.98 Å². The summed E-state index contributed by atoms with van der Waals surface area (Å²) in [5, 5.41) is 0. The molecule has 2 unspecified atom stereocenters. The molecule has 0 spiro atoms. The minimum absolute atomic E-state index is 0.0495. The number of likely N-dealkylation sites (tertiary alicyclic amines) is 1. The minimum atomic E-state index is 0.0495. The second-order valence-electron chi connectivity index (χ2n) is 6.46. The van der Waals surface area contributed by atoms with E-state index in [1.165, 1.54) is 6.42 Å². The summed E-state index contributed by atoms with van der Waals surface area (Å²) in [4.78, 5) is 18.5. The number of aromatic nitrogens is 1. The van der Waals surface area contributed by atoms with Crippen molar-refractivity contribution in [3.05, 3.63) is 48.7 Å². The molecule has 1 saturated heterocycles. The lowest BCUT2D eigenvalue weighted by Gasteiger charge is -2.38. The number of piperidine rings is 1. The molecule has 1 aromatic carbocycles. The van der Waals surface area contributed by atoms with E-state index in [2.05, 4.69) is 18.8 Å². The van der Waals surface area contributed by atoms with Gasteiger partial charge in [-0.15, -0.1) is 0 Å². The Morgan fingerprint density at radius 2 is 1.76 bits per heavy atom. The Hall–Kier alpha value is -2.56. The Morgan fingerprint density at radius 1 is 1.08 bits per heavy atom. The van der Waals surface area contributed by atoms with Crippen molar-refractivity contribution in [1.29, 1.82) is 0 Å². The van der Waals surface area contributed by atoms with Crippen molar-refractivity contribution in [1.82, 2.24) is 9.88 Å². The van der Waals surface area contributed by atoms with Crippen LogP contribution in [0, 0.1) is 0 Å². The lowest BCUT2D eigenvalue weighted by molar-refractivity contribution is -0.139. The number of benzene rings is 1. The van der Waals surface area contributed by atoms with Gasteiger partial charge in [0, 0.05) is 24.3 Å². The van der Waals surface area contributed by atoms with Gasteiger partial charge in [-0.05, 0) is 63.4 Å². The Labute approximate surface area is 148 Å². The van der Waals surface area contributed by atoms with Crippen LogP contribution in [0.25, 0.3) is 0 Å². The molecular formula is C20H24N2O3. The van der Waals surface area contributed by atoms with Gasteiger partial charge in [0.1, 0.15) is 11.5 Å². The molecule has 0 saturated carbocycles. The number of carbonyl (C=O) groups excluding carboxylic acids is 1. The fourth-order valence-corrected chi connectivity index (χ4v) is 3.26. The van der Waals surface area contributed by atoms with E-state index in [-0.39, 0.29) is 24.6 Å². The molecule has 1 fully saturated rings. The second kappa shape index (κ2) is 8.01. The molecule has 0 bridgehead atoms. The summed E-state index contributed by atoms with van der Waals surface area (Å²) < 4.78 is 11.3. The topological polar surface area (TPSA) is 51.7 Å². The fraction of sp³-hybridized carbons (Fsp3) is 0.400. The molecule has 132 valence electrons. The standard InChI is InChI=1S/C20H24N2O3/c1-15-6-5-7-16(2)22(15)20(23)14-24-17-9-11-18(12-10-17)25-19-8-3-4-13-21-19/h3-4,8-13,15-16H,5-7,14H2,1-2H3. The van der Waals surface area contributed by atoms with Crippen LogP contribution in [0.5, 0.6) is 17.4 Å². The van der Waals surface area contributed by atoms with Gasteiger partial charge in [0.15, 0.2) is 6.61 Å². The van der Waals surface area contributed by atoms with Gasteiger partial charge in [0.25, 0.3) is 5.91 Å². The summed E-state index contributed by atoms with van der Waals surface area (Å²) >= 11 is 0. The summed E-state index contributed by atoms with van der Waals surface area (Å²) in [6.45, 7) is 4.28. The molecule has 2 heterocycles. The number of carbonyl (C=O) groups is 1. The number of hydrogen-bond donors (Lipinski definition) is 0. The molecule has 1 aromatic heterocycles. The van der Waals surface area contributed by atoms with Crippen LogP contribution in [0.4, 0.5) is 0 Å². The monoisotopic (exact) mass is 340 g/mol. The number of ether oxygens (including phenoxy) is 2. The van der Waals surface area contributed by atoms with Gasteiger partial charge < -0.3 is 14.4 Å². The molecule has 0 radical (unpaired) electrons. The van der Waals surface area contributed by atoms with E-state index in [9.17, 15) is 4.79 Å². The third-order valence-corrected chi connectivity index (χ3v) is 4.53. The van der Waals surface area contributed by atoms with E-state index in [0.717, 1.165) is 12.8 Å². The van der Waals surface area contributed by atoms with Gasteiger partial charge in [0.2, 0.25) is 5.88 Å². The third-order valence-electron chi connectivity index (χ3n) is 4.53. The van der Waals surface area contributed by atoms with Gasteiger partial charge >= 0.3 is 0 Å². The number of pyridine rings is 1. The molecule has 1 amide bonds. The highest BCUT2D eigenvalue weighted by Gasteiger charge is 2.28. The first-order valence-electron chi connectivity index (χ1n) is 8.76. The quantitative estimate of drug-likeness (QED) is 0.824. The van der Waals surface area contributed by atoms with Crippen LogP contribution >= 0.6 is 0 Å². The first kappa shape index (κ1) is 17.3. The third kappa shape index (κ3) is 4.50. The van der Waals surface area contributed by atoms with Crippen LogP contribution in [0.2, 0.25) is 0 Å². The molecule has 5 nitrogen and oxygen atoms in total. The number of nitrogens with zero attached hydrogens (tertiary/aromatic N) is 2. The van der Waals surface area contributed by atoms with E-state index >= 15 is 0 Å². The zero-order chi connectivity index (χ0) is 17.6. The molecule has 0 N–H and O–H groups in total. The predicted octanol–water partition coefficient (Wildman–Crippen LogP) is 4.04. The normalized spacial score (nSPS) is 20.2. The smallest absolute Gasteiger partial charge is 0.260 e. The van der Waals surface area contributed by atoms with Crippen molar-refractivity contribution < 1.29 is 14.3 Å². The highest BCUT2D eigenvalue weighted by Crippen LogP contribution is 2.24. The van der Waals surface area contributed by atoms with E-state index in [1.54, 1.807) is 36.5 Å². The van der Waals surface area contributed by atoms with Gasteiger partial charge in [-0.2, -0.15) is 0 Å². The second-order valence-corrected chi connectivity index (χ2v) is 6.46. The molecule has 3 rings (SSSR count). The van der Waals surface area contributed by atoms with Crippen molar-refractivity contribution in [2.45, 2.75) is 45.2 Å². The van der Waals surface area contributed by atoms with Crippen LogP contribution in [-0.2, 0) is 4.79 Å². The van der Waals surface area contributed by atoms with Crippen LogP contribution < -0.4 is 9.47 Å². The largest absolute Gasteiger partial charge is 0.484 e. The highest BCUT2D eigenvalue weighted by molar-refractivity contribution is 5.78. The van der Waals surface area contributed by atoms with Crippen molar-refractivity contribution in [2.24, 2.45) is 0 Å². The zero-order valence-corrected chi connectivity index (χ0v) is 14.7. The van der Waals surface area contributed by atoms with E-state index < -0.39 is 0 Å². The summed E-state index contributed by atoms with van der Waals surface area (Å²) in [5.74, 6) is 1.92. The van der Waals surface area contributed by atoms with Crippen molar-refractivity contribution in [3.63, 3.8) is 0 Å². The van der Waals surface area contributed by atoms with Gasteiger partial charge in [-0.3, -0.25) is 4.79 Å². The van der Waals surface area contributed by atoms with Gasteiger partial charge in [-0.1, -0.05) is 6.07 Å². The molecule has 5 heteroatoms. The predicted molar refractivity (Wildman–Crippen MR) is 95.9 cm³/mol. The first-order chi connectivity index (χ1) is 12.1. The Bertz CT molecular complexity index is 678. The van der Waals surface area contributed by atoms with Crippen molar-refractivity contribution in [2.75, 3.05) is 6.61 Å². The summed E-state index contributed by atoms with van der Waals surface area (Å²) in [6, 6.07) is 13.3. The van der Waals surface area contributed by atoms with Crippen LogP contribution in [0.1, 0.15) is 33.1 Å². The molecule has 1 aliphatic heterocycles. The SMILES string of the molecule is CC1CCCC(C)N1C(=O)COc1ccc(Oc2ccccn2)cc1. The van der Waals surface area contributed by atoms with Crippen molar-refractivity contribution in [3.8, 4) is 17.4 Å². The van der Waals surface area contributed by atoms with Gasteiger partial charge in [0.05, 0.1) is 0 Å². The average Bonchev–Trinajstić information content (AvgIpc) is 2.62. The Kier molecular flexibility index (Phi) is 5.53. The summed E-state index contributed by atoms with van der Waals surface area (Å²) in [6.07, 6.45) is 5.00. The van der Waals surface area contributed by atoms with Crippen molar-refractivity contribution >= 4 is 5.91 Å². The van der Waals surface area contributed by atoms with E-state index in [0.29, 0.717) is 17.4 Å². The molecular weight excluding hydrogens is 316 g/mol. The molecule has 1 aliphatic rings.